The molecule has 10 nitrogen and oxygen atoms in total. The number of aromatic nitrogens is 6. The number of amides is 1. The average molecular weight is 573 g/mol. The Morgan fingerprint density at radius 2 is 1.86 bits per heavy atom. The molecule has 42 heavy (non-hydrogen) atoms. The third-order valence-electron chi connectivity index (χ3n) is 8.23. The number of carbonyl (C=O) groups excluding carboxylic acids is 1. The van der Waals surface area contributed by atoms with E-state index in [1.807, 2.05) is 29.2 Å². The second-order valence-corrected chi connectivity index (χ2v) is 11.2. The Kier molecular flexibility index (Phi) is 6.17. The zero-order chi connectivity index (χ0) is 29.2. The Balaban J connectivity index is 1.25. The van der Waals surface area contributed by atoms with Crippen LogP contribution in [0, 0.1) is 0 Å². The first-order valence-corrected chi connectivity index (χ1v) is 14.1. The highest BCUT2D eigenvalue weighted by Crippen LogP contribution is 2.45. The second kappa shape index (κ2) is 9.81. The maximum absolute atomic E-state index is 13.9. The number of alkyl halides is 2. The predicted octanol–water partition coefficient (Wildman–Crippen LogP) is 4.91. The van der Waals surface area contributed by atoms with E-state index in [-0.39, 0.29) is 17.8 Å². The number of anilines is 1. The molecule has 1 atom stereocenters. The van der Waals surface area contributed by atoms with Crippen LogP contribution in [0.3, 0.4) is 0 Å². The van der Waals surface area contributed by atoms with E-state index in [1.165, 1.54) is 12.5 Å². The fourth-order valence-corrected chi connectivity index (χ4v) is 5.96. The molecule has 1 saturated carbocycles. The largest absolute Gasteiger partial charge is 0.480 e. The molecule has 2 fully saturated rings. The summed E-state index contributed by atoms with van der Waals surface area (Å²) < 4.78 is 34.9. The van der Waals surface area contributed by atoms with E-state index < -0.39 is 5.92 Å². The molecule has 1 aromatic carbocycles. The Bertz CT molecular complexity index is 1680. The van der Waals surface area contributed by atoms with Gasteiger partial charge in [-0.15, -0.1) is 0 Å². The summed E-state index contributed by atoms with van der Waals surface area (Å²) in [4.78, 5) is 40.1. The van der Waals surface area contributed by atoms with Gasteiger partial charge < -0.3 is 19.1 Å². The summed E-state index contributed by atoms with van der Waals surface area (Å²) >= 11 is 0. The fourth-order valence-electron chi connectivity index (χ4n) is 5.96. The normalized spacial score (nSPS) is 18.3. The molecule has 7 rings (SSSR count). The van der Waals surface area contributed by atoms with Crippen molar-refractivity contribution in [1.29, 1.82) is 0 Å². The van der Waals surface area contributed by atoms with Crippen molar-refractivity contribution in [3.05, 3.63) is 65.5 Å². The number of hydrogen-bond acceptors (Lipinski definition) is 8. The minimum Gasteiger partial charge on any atom is -0.480 e. The predicted molar refractivity (Wildman–Crippen MR) is 150 cm³/mol. The van der Waals surface area contributed by atoms with Crippen LogP contribution in [0.5, 0.6) is 5.88 Å². The summed E-state index contributed by atoms with van der Waals surface area (Å²) in [5, 5.41) is 0. The molecule has 12 heteroatoms. The molecule has 0 spiro atoms. The van der Waals surface area contributed by atoms with Crippen molar-refractivity contribution >= 4 is 11.7 Å². The van der Waals surface area contributed by atoms with Crippen LogP contribution in [0.25, 0.3) is 22.8 Å². The number of methoxy groups -OCH3 is 1. The highest BCUT2D eigenvalue weighted by atomic mass is 19.3. The number of ether oxygens (including phenoxy) is 1. The molecule has 1 aliphatic carbocycles. The van der Waals surface area contributed by atoms with E-state index in [0.29, 0.717) is 53.5 Å². The highest BCUT2D eigenvalue weighted by molar-refractivity contribution is 6.01. The summed E-state index contributed by atoms with van der Waals surface area (Å²) in [6.07, 6.45) is 8.14. The molecule has 0 N–H and O–H groups in total. The van der Waals surface area contributed by atoms with Crippen LogP contribution in [0.4, 0.5) is 14.6 Å². The minimum absolute atomic E-state index is 0.0670. The Hall–Kier alpha value is -4.48. The van der Waals surface area contributed by atoms with Gasteiger partial charge in [-0.05, 0) is 31.2 Å². The van der Waals surface area contributed by atoms with Gasteiger partial charge in [0.15, 0.2) is 5.82 Å². The molecule has 0 radical (unpaired) electrons. The summed E-state index contributed by atoms with van der Waals surface area (Å²) in [5.41, 5.74) is 3.46. The summed E-state index contributed by atoms with van der Waals surface area (Å²) in [5.74, 6) is -0.874. The van der Waals surface area contributed by atoms with Crippen LogP contribution in [0.15, 0.2) is 43.0 Å². The van der Waals surface area contributed by atoms with Crippen molar-refractivity contribution in [2.45, 2.75) is 57.2 Å². The number of carbonyl (C=O) groups is 1. The first-order valence-electron chi connectivity index (χ1n) is 14.1. The van der Waals surface area contributed by atoms with Crippen LogP contribution in [0.1, 0.15) is 65.8 Å². The van der Waals surface area contributed by atoms with Gasteiger partial charge in [-0.3, -0.25) is 4.79 Å². The van der Waals surface area contributed by atoms with E-state index in [0.717, 1.165) is 49.4 Å². The maximum Gasteiger partial charge on any atom is 0.288 e. The molecular weight excluding hydrogens is 542 g/mol. The van der Waals surface area contributed by atoms with Crippen LogP contribution in [-0.4, -0.2) is 60.1 Å². The zero-order valence-electron chi connectivity index (χ0n) is 23.6. The van der Waals surface area contributed by atoms with E-state index >= 15 is 0 Å². The summed E-state index contributed by atoms with van der Waals surface area (Å²) in [6.45, 7) is 2.02. The summed E-state index contributed by atoms with van der Waals surface area (Å²) in [7, 11) is 3.27. The monoisotopic (exact) mass is 572 g/mol. The van der Waals surface area contributed by atoms with Crippen molar-refractivity contribution in [1.82, 2.24) is 34.4 Å². The lowest BCUT2D eigenvalue weighted by Gasteiger charge is -2.41. The second-order valence-electron chi connectivity index (χ2n) is 11.2. The van der Waals surface area contributed by atoms with Crippen molar-refractivity contribution in [2.75, 3.05) is 18.6 Å². The van der Waals surface area contributed by atoms with Crippen LogP contribution in [0.2, 0.25) is 0 Å². The molecule has 216 valence electrons. The standard InChI is InChI=1S/C30H30F2N8O2/c1-30(31,32)21-15-38(2)26(36-21)19-8-6-17(7-9-19)14-40-22-5-4-12-39(22)29(41)20-13-33-25(37-27(20)40)23-24(18-10-11-18)34-16-35-28(23)42-3/h6-9,13,15-16,18,22H,4-5,10-12,14H2,1-3H3. The van der Waals surface area contributed by atoms with Gasteiger partial charge in [-0.25, -0.2) is 24.9 Å². The quantitative estimate of drug-likeness (QED) is 0.308. The van der Waals surface area contributed by atoms with Gasteiger partial charge in [0.25, 0.3) is 11.8 Å². The first kappa shape index (κ1) is 26.4. The fraction of sp³-hybridized carbons (Fsp3) is 0.400. The number of hydrogen-bond donors (Lipinski definition) is 0. The van der Waals surface area contributed by atoms with Crippen molar-refractivity contribution in [3.8, 4) is 28.7 Å². The lowest BCUT2D eigenvalue weighted by Crippen LogP contribution is -2.52. The van der Waals surface area contributed by atoms with Gasteiger partial charge in [-0.1, -0.05) is 24.3 Å². The van der Waals surface area contributed by atoms with Crippen molar-refractivity contribution in [3.63, 3.8) is 0 Å². The van der Waals surface area contributed by atoms with Gasteiger partial charge >= 0.3 is 0 Å². The van der Waals surface area contributed by atoms with Crippen LogP contribution >= 0.6 is 0 Å². The smallest absolute Gasteiger partial charge is 0.288 e. The van der Waals surface area contributed by atoms with Gasteiger partial charge in [0.05, 0.1) is 12.8 Å². The Morgan fingerprint density at radius 1 is 1.07 bits per heavy atom. The molecule has 3 aliphatic rings. The minimum atomic E-state index is -3.02. The van der Waals surface area contributed by atoms with Crippen LogP contribution in [-0.2, 0) is 19.5 Å². The third kappa shape index (κ3) is 4.45. The lowest BCUT2D eigenvalue weighted by molar-refractivity contribution is 0.0131. The van der Waals surface area contributed by atoms with Gasteiger partial charge in [-0.2, -0.15) is 8.78 Å². The third-order valence-corrected chi connectivity index (χ3v) is 8.23. The molecule has 1 unspecified atom stereocenters. The number of halogens is 2. The number of imidazole rings is 1. The molecule has 0 bridgehead atoms. The van der Waals surface area contributed by atoms with Crippen molar-refractivity contribution < 1.29 is 18.3 Å². The van der Waals surface area contributed by atoms with Gasteiger partial charge in [0.2, 0.25) is 5.88 Å². The topological polar surface area (TPSA) is 102 Å². The zero-order valence-corrected chi connectivity index (χ0v) is 23.6. The molecule has 4 aromatic rings. The molecule has 1 amide bonds. The molecule has 3 aromatic heterocycles. The first-order chi connectivity index (χ1) is 20.2. The van der Waals surface area contributed by atoms with Crippen LogP contribution < -0.4 is 9.64 Å². The van der Waals surface area contributed by atoms with E-state index in [2.05, 4.69) is 24.8 Å². The summed E-state index contributed by atoms with van der Waals surface area (Å²) in [6, 6.07) is 7.70. The number of nitrogens with zero attached hydrogens (tertiary/aromatic N) is 8. The number of fused-ring (bicyclic) bond motifs is 2. The van der Waals surface area contributed by atoms with E-state index in [4.69, 9.17) is 9.72 Å². The molecule has 1 saturated heterocycles. The van der Waals surface area contributed by atoms with Crippen molar-refractivity contribution in [2.24, 2.45) is 7.05 Å². The maximum atomic E-state index is 13.9. The SMILES string of the molecule is COc1ncnc(C2CC2)c1-c1ncc2c(n1)N(Cc1ccc(-c3nc(C(C)(F)F)cn3C)cc1)C1CCCN1C2=O. The Labute approximate surface area is 241 Å². The molecule has 5 heterocycles. The number of rotatable bonds is 7. The average Bonchev–Trinajstić information content (AvgIpc) is 3.57. The van der Waals surface area contributed by atoms with Gasteiger partial charge in [0.1, 0.15) is 41.0 Å². The van der Waals surface area contributed by atoms with E-state index in [9.17, 15) is 13.6 Å². The molecular formula is C30H30F2N8O2. The molecule has 2 aliphatic heterocycles. The number of benzene rings is 1. The van der Waals surface area contributed by atoms with E-state index in [1.54, 1.807) is 24.9 Å². The lowest BCUT2D eigenvalue weighted by atomic mass is 10.1. The Morgan fingerprint density at radius 3 is 2.55 bits per heavy atom. The highest BCUT2D eigenvalue weighted by Gasteiger charge is 2.42. The van der Waals surface area contributed by atoms with Gasteiger partial charge in [0, 0.05) is 50.9 Å². The number of aryl methyl sites for hydroxylation is 1.